The number of hydrogen-bond donors (Lipinski definition) is 0. The third-order valence-electron chi connectivity index (χ3n) is 4.16. The van der Waals surface area contributed by atoms with Gasteiger partial charge in [-0.2, -0.15) is 0 Å². The van der Waals surface area contributed by atoms with E-state index < -0.39 is 0 Å². The van der Waals surface area contributed by atoms with Crippen LogP contribution >= 0.6 is 0 Å². The molecule has 0 bridgehead atoms. The Morgan fingerprint density at radius 2 is 1.76 bits per heavy atom. The molecule has 1 aliphatic rings. The van der Waals surface area contributed by atoms with Gasteiger partial charge in [0.2, 0.25) is 0 Å². The van der Waals surface area contributed by atoms with Gasteiger partial charge in [-0.1, -0.05) is 44.5 Å². The van der Waals surface area contributed by atoms with Gasteiger partial charge in [-0.3, -0.25) is 4.79 Å². The molecule has 2 rings (SSSR count). The molecule has 1 aromatic carbocycles. The molecule has 1 fully saturated rings. The zero-order valence-electron chi connectivity index (χ0n) is 11.1. The summed E-state index contributed by atoms with van der Waals surface area (Å²) in [7, 11) is 0. The largest absolute Gasteiger partial charge is 0.299 e. The van der Waals surface area contributed by atoms with Gasteiger partial charge < -0.3 is 0 Å². The molecule has 1 aliphatic carbocycles. The van der Waals surface area contributed by atoms with Crippen LogP contribution in [0.4, 0.5) is 0 Å². The van der Waals surface area contributed by atoms with Crippen LogP contribution in [0.25, 0.3) is 0 Å². The molecule has 0 aliphatic heterocycles. The second-order valence-electron chi connectivity index (χ2n) is 5.74. The van der Waals surface area contributed by atoms with Crippen LogP contribution in [0.15, 0.2) is 24.3 Å². The van der Waals surface area contributed by atoms with Gasteiger partial charge in [0, 0.05) is 6.42 Å². The van der Waals surface area contributed by atoms with Gasteiger partial charge >= 0.3 is 0 Å². The first-order valence-electron chi connectivity index (χ1n) is 6.68. The van der Waals surface area contributed by atoms with Gasteiger partial charge in [0.15, 0.2) is 0 Å². The summed E-state index contributed by atoms with van der Waals surface area (Å²) in [6.07, 6.45) is 4.00. The van der Waals surface area contributed by atoms with E-state index in [1.54, 1.807) is 0 Å². The van der Waals surface area contributed by atoms with E-state index in [9.17, 15) is 4.79 Å². The quantitative estimate of drug-likeness (QED) is 0.743. The monoisotopic (exact) mass is 230 g/mol. The second kappa shape index (κ2) is 4.64. The van der Waals surface area contributed by atoms with Crippen LogP contribution in [0.5, 0.6) is 0 Å². The van der Waals surface area contributed by atoms with Crippen LogP contribution in [-0.4, -0.2) is 5.78 Å². The fraction of sp³-hybridized carbons (Fsp3) is 0.562. The highest BCUT2D eigenvalue weighted by Crippen LogP contribution is 2.36. The first-order chi connectivity index (χ1) is 8.04. The fourth-order valence-electron chi connectivity index (χ4n) is 2.72. The maximum Gasteiger partial charge on any atom is 0.143 e. The van der Waals surface area contributed by atoms with Crippen LogP contribution in [0.1, 0.15) is 63.5 Å². The van der Waals surface area contributed by atoms with E-state index in [2.05, 4.69) is 45.0 Å². The van der Waals surface area contributed by atoms with Crippen molar-refractivity contribution in [2.24, 2.45) is 0 Å². The molecule has 1 saturated carbocycles. The Morgan fingerprint density at radius 3 is 2.29 bits per heavy atom. The average Bonchev–Trinajstić information content (AvgIpc) is 2.33. The Hall–Kier alpha value is -1.11. The van der Waals surface area contributed by atoms with Gasteiger partial charge in [-0.05, 0) is 36.8 Å². The highest BCUT2D eigenvalue weighted by Gasteiger charge is 2.36. The molecular weight excluding hydrogens is 208 g/mol. The molecule has 0 saturated heterocycles. The number of carbonyl (C=O) groups is 1. The highest BCUT2D eigenvalue weighted by atomic mass is 16.1. The summed E-state index contributed by atoms with van der Waals surface area (Å²) in [6.45, 7) is 6.50. The number of hydrogen-bond acceptors (Lipinski definition) is 1. The fourth-order valence-corrected chi connectivity index (χ4v) is 2.72. The van der Waals surface area contributed by atoms with E-state index >= 15 is 0 Å². The van der Waals surface area contributed by atoms with Crippen molar-refractivity contribution in [3.63, 3.8) is 0 Å². The van der Waals surface area contributed by atoms with Crippen molar-refractivity contribution in [1.29, 1.82) is 0 Å². The lowest BCUT2D eigenvalue weighted by Gasteiger charge is -2.32. The summed E-state index contributed by atoms with van der Waals surface area (Å²) in [6, 6.07) is 8.65. The third-order valence-corrected chi connectivity index (χ3v) is 4.16. The molecule has 1 unspecified atom stereocenters. The van der Waals surface area contributed by atoms with Gasteiger partial charge in [0.25, 0.3) is 0 Å². The molecule has 0 spiro atoms. The molecular formula is C16H22O. The van der Waals surface area contributed by atoms with Crippen molar-refractivity contribution in [2.75, 3.05) is 0 Å². The smallest absolute Gasteiger partial charge is 0.143 e. The Morgan fingerprint density at radius 1 is 1.12 bits per heavy atom. The Kier molecular flexibility index (Phi) is 3.37. The van der Waals surface area contributed by atoms with Crippen molar-refractivity contribution in [3.05, 3.63) is 35.4 Å². The van der Waals surface area contributed by atoms with Gasteiger partial charge in [0.1, 0.15) is 5.78 Å². The topological polar surface area (TPSA) is 17.1 Å². The molecule has 0 N–H and O–H groups in total. The van der Waals surface area contributed by atoms with Crippen LogP contribution in [0, 0.1) is 0 Å². The van der Waals surface area contributed by atoms with E-state index in [1.807, 2.05) is 0 Å². The zero-order chi connectivity index (χ0) is 12.5. The molecule has 1 atom stereocenters. The van der Waals surface area contributed by atoms with E-state index in [-0.39, 0.29) is 5.41 Å². The molecule has 1 aromatic rings. The number of Topliss-reactive ketones (excluding diaryl/α,β-unsaturated/α-hetero) is 1. The zero-order valence-corrected chi connectivity index (χ0v) is 11.1. The van der Waals surface area contributed by atoms with Crippen molar-refractivity contribution >= 4 is 5.78 Å². The summed E-state index contributed by atoms with van der Waals surface area (Å²) in [5, 5.41) is 0. The van der Waals surface area contributed by atoms with Gasteiger partial charge in [0.05, 0.1) is 5.41 Å². The molecule has 92 valence electrons. The lowest BCUT2D eigenvalue weighted by Crippen LogP contribution is -2.35. The van der Waals surface area contributed by atoms with Gasteiger partial charge in [-0.15, -0.1) is 0 Å². The molecule has 1 heteroatoms. The van der Waals surface area contributed by atoms with E-state index in [1.165, 1.54) is 17.5 Å². The summed E-state index contributed by atoms with van der Waals surface area (Å²) in [4.78, 5) is 12.1. The van der Waals surface area contributed by atoms with Crippen LogP contribution in [0.3, 0.4) is 0 Å². The first kappa shape index (κ1) is 12.3. The standard InChI is InChI=1S/C16H22O/c1-12(2)13-7-9-14(10-8-13)16(3)11-5-4-6-15(16)17/h7-10,12H,4-6,11H2,1-3H3. The number of rotatable bonds is 2. The summed E-state index contributed by atoms with van der Waals surface area (Å²) < 4.78 is 0. The Labute approximate surface area is 104 Å². The minimum absolute atomic E-state index is 0.228. The first-order valence-corrected chi connectivity index (χ1v) is 6.68. The number of benzene rings is 1. The molecule has 0 aromatic heterocycles. The van der Waals surface area contributed by atoms with Crippen LogP contribution in [0.2, 0.25) is 0 Å². The van der Waals surface area contributed by atoms with E-state index in [0.29, 0.717) is 11.7 Å². The predicted octanol–water partition coefficient (Wildman–Crippen LogP) is 4.21. The minimum Gasteiger partial charge on any atom is -0.299 e. The van der Waals surface area contributed by atoms with Gasteiger partial charge in [-0.25, -0.2) is 0 Å². The van der Waals surface area contributed by atoms with E-state index in [0.717, 1.165) is 19.3 Å². The molecule has 0 heterocycles. The summed E-state index contributed by atoms with van der Waals surface area (Å²) >= 11 is 0. The number of carbonyl (C=O) groups excluding carboxylic acids is 1. The van der Waals surface area contributed by atoms with Crippen molar-refractivity contribution in [3.8, 4) is 0 Å². The second-order valence-corrected chi connectivity index (χ2v) is 5.74. The predicted molar refractivity (Wildman–Crippen MR) is 71.4 cm³/mol. The normalized spacial score (nSPS) is 25.3. The van der Waals surface area contributed by atoms with Crippen molar-refractivity contribution in [1.82, 2.24) is 0 Å². The van der Waals surface area contributed by atoms with Crippen molar-refractivity contribution in [2.45, 2.75) is 57.8 Å². The molecule has 1 nitrogen and oxygen atoms in total. The maximum absolute atomic E-state index is 12.1. The minimum atomic E-state index is -0.228. The lowest BCUT2D eigenvalue weighted by atomic mass is 9.70. The summed E-state index contributed by atoms with van der Waals surface area (Å²) in [5.41, 5.74) is 2.32. The maximum atomic E-state index is 12.1. The van der Waals surface area contributed by atoms with Crippen LogP contribution < -0.4 is 0 Å². The average molecular weight is 230 g/mol. The lowest BCUT2D eigenvalue weighted by molar-refractivity contribution is -0.125. The SMILES string of the molecule is CC(C)c1ccc(C2(C)CCCCC2=O)cc1. The van der Waals surface area contributed by atoms with Crippen molar-refractivity contribution < 1.29 is 4.79 Å². The third kappa shape index (κ3) is 2.29. The molecule has 0 amide bonds. The summed E-state index contributed by atoms with van der Waals surface area (Å²) in [5.74, 6) is 0.972. The highest BCUT2D eigenvalue weighted by molar-refractivity contribution is 5.90. The number of ketones is 1. The van der Waals surface area contributed by atoms with E-state index in [4.69, 9.17) is 0 Å². The molecule has 0 radical (unpaired) electrons. The Bertz CT molecular complexity index is 402. The molecule has 17 heavy (non-hydrogen) atoms. The van der Waals surface area contributed by atoms with Crippen LogP contribution in [-0.2, 0) is 10.2 Å². The Balaban J connectivity index is 2.29.